The number of aryl methyl sites for hydroxylation is 1. The Balaban J connectivity index is 0.000000382. The van der Waals surface area contributed by atoms with Gasteiger partial charge in [0.2, 0.25) is 0 Å². The number of pyridine rings is 1. The molecule has 40 heavy (non-hydrogen) atoms. The van der Waals surface area contributed by atoms with Gasteiger partial charge in [-0.1, -0.05) is 29.8 Å². The van der Waals surface area contributed by atoms with Crippen LogP contribution in [0.15, 0.2) is 65.8 Å². The van der Waals surface area contributed by atoms with Crippen molar-refractivity contribution in [3.05, 3.63) is 76.6 Å². The molecule has 0 aliphatic carbocycles. The van der Waals surface area contributed by atoms with E-state index in [1.54, 1.807) is 35.3 Å². The van der Waals surface area contributed by atoms with Crippen molar-refractivity contribution in [1.82, 2.24) is 34.5 Å². The highest BCUT2D eigenvalue weighted by Crippen LogP contribution is 2.29. The lowest BCUT2D eigenvalue weighted by Crippen LogP contribution is -2.25. The van der Waals surface area contributed by atoms with Gasteiger partial charge in [0.15, 0.2) is 0 Å². The number of carbonyl (C=O) groups excluding carboxylic acids is 1. The van der Waals surface area contributed by atoms with Gasteiger partial charge < -0.3 is 15.4 Å². The first-order chi connectivity index (χ1) is 19.1. The van der Waals surface area contributed by atoms with E-state index in [0.29, 0.717) is 28.0 Å². The molecule has 0 bridgehead atoms. The molecule has 0 fully saturated rings. The average Bonchev–Trinajstić information content (AvgIpc) is 3.43. The zero-order valence-electron chi connectivity index (χ0n) is 22.3. The van der Waals surface area contributed by atoms with Crippen molar-refractivity contribution in [2.45, 2.75) is 12.7 Å². The van der Waals surface area contributed by atoms with Crippen molar-refractivity contribution >= 4 is 39.8 Å². The van der Waals surface area contributed by atoms with Gasteiger partial charge in [0.05, 0.1) is 52.7 Å². The molecule has 9 nitrogen and oxygen atoms in total. The van der Waals surface area contributed by atoms with Crippen LogP contribution >= 0.6 is 11.6 Å². The van der Waals surface area contributed by atoms with Gasteiger partial charge >= 0.3 is 11.9 Å². The minimum atomic E-state index is -4.06. The van der Waals surface area contributed by atoms with Crippen molar-refractivity contribution in [2.75, 3.05) is 27.7 Å². The number of aldehydes is 1. The largest absolute Gasteiger partial charge is 0.401 e. The van der Waals surface area contributed by atoms with Crippen molar-refractivity contribution in [1.29, 1.82) is 0 Å². The van der Waals surface area contributed by atoms with Gasteiger partial charge in [-0.05, 0) is 51.0 Å². The number of alkyl halides is 3. The lowest BCUT2D eigenvalue weighted by atomic mass is 10.0. The monoisotopic (exact) mass is 575 g/mol. The highest BCUT2D eigenvalue weighted by Gasteiger charge is 2.25. The van der Waals surface area contributed by atoms with Crippen LogP contribution in [0.1, 0.15) is 0 Å². The Bertz CT molecular complexity index is 1640. The number of para-hydroxylation sites is 1. The van der Waals surface area contributed by atoms with Crippen molar-refractivity contribution in [2.24, 2.45) is 7.05 Å². The van der Waals surface area contributed by atoms with E-state index >= 15 is 0 Å². The van der Waals surface area contributed by atoms with E-state index in [-0.39, 0.29) is 12.2 Å². The molecule has 5 aromatic rings. The SMILES string of the molecule is CNC.CNCC(F)(F)F.Cn1ncc2c(-c3ccc(-n4c(=O)n(CC=O)c5cccc(Cl)c54)cc3)cncc21. The average molecular weight is 576 g/mol. The van der Waals surface area contributed by atoms with Gasteiger partial charge in [-0.2, -0.15) is 18.3 Å². The number of carbonyl (C=O) groups is 1. The first-order valence-corrected chi connectivity index (χ1v) is 12.5. The highest BCUT2D eigenvalue weighted by molar-refractivity contribution is 6.35. The Labute approximate surface area is 233 Å². The van der Waals surface area contributed by atoms with Crippen molar-refractivity contribution in [3.63, 3.8) is 0 Å². The van der Waals surface area contributed by atoms with Crippen molar-refractivity contribution in [3.8, 4) is 16.8 Å². The van der Waals surface area contributed by atoms with Crippen LogP contribution in [0, 0.1) is 0 Å². The molecule has 3 heterocycles. The molecule has 0 spiro atoms. The summed E-state index contributed by atoms with van der Waals surface area (Å²) < 4.78 is 37.7. The summed E-state index contributed by atoms with van der Waals surface area (Å²) >= 11 is 6.41. The minimum Gasteiger partial charge on any atom is -0.323 e. The molecule has 0 aliphatic heterocycles. The van der Waals surface area contributed by atoms with Gasteiger partial charge in [0, 0.05) is 24.2 Å². The predicted molar refractivity (Wildman–Crippen MR) is 151 cm³/mol. The fourth-order valence-corrected chi connectivity index (χ4v) is 4.29. The van der Waals surface area contributed by atoms with Crippen LogP contribution < -0.4 is 16.3 Å². The summed E-state index contributed by atoms with van der Waals surface area (Å²) in [6.07, 6.45) is 2.05. The van der Waals surface area contributed by atoms with E-state index in [4.69, 9.17) is 11.6 Å². The van der Waals surface area contributed by atoms with E-state index in [1.165, 1.54) is 16.2 Å². The highest BCUT2D eigenvalue weighted by atomic mass is 35.5. The second kappa shape index (κ2) is 13.4. The van der Waals surface area contributed by atoms with E-state index in [1.807, 2.05) is 56.9 Å². The van der Waals surface area contributed by atoms with Crippen molar-refractivity contribution < 1.29 is 18.0 Å². The first kappa shape index (κ1) is 30.5. The third-order valence-corrected chi connectivity index (χ3v) is 5.95. The van der Waals surface area contributed by atoms with Gasteiger partial charge in [-0.25, -0.2) is 4.79 Å². The molecule has 3 aromatic heterocycles. The summed E-state index contributed by atoms with van der Waals surface area (Å²) in [6, 6.07) is 12.9. The summed E-state index contributed by atoms with van der Waals surface area (Å²) in [6.45, 7) is -0.942. The molecule has 0 amide bonds. The smallest absolute Gasteiger partial charge is 0.323 e. The topological polar surface area (TPSA) is 98.8 Å². The van der Waals surface area contributed by atoms with Gasteiger partial charge in [-0.3, -0.25) is 18.8 Å². The molecule has 0 saturated heterocycles. The molecule has 0 radical (unpaired) electrons. The van der Waals surface area contributed by atoms with Crippen LogP contribution in [0.25, 0.3) is 38.8 Å². The molecule has 2 aromatic carbocycles. The zero-order valence-corrected chi connectivity index (χ0v) is 23.1. The van der Waals surface area contributed by atoms with Gasteiger partial charge in [-0.15, -0.1) is 0 Å². The molecule has 0 saturated carbocycles. The van der Waals surface area contributed by atoms with E-state index in [9.17, 15) is 22.8 Å². The molecular formula is C27H29ClF3N7O2. The second-order valence-corrected chi connectivity index (χ2v) is 8.99. The Morgan fingerprint density at radius 1 is 1.00 bits per heavy atom. The first-order valence-electron chi connectivity index (χ1n) is 12.1. The van der Waals surface area contributed by atoms with Crippen LogP contribution in [-0.2, 0) is 18.4 Å². The third kappa shape index (κ3) is 6.76. The number of hydrogen-bond donors (Lipinski definition) is 2. The quantitative estimate of drug-likeness (QED) is 0.305. The Kier molecular flexibility index (Phi) is 10.2. The Hall–Kier alpha value is -4.00. The number of imidazole rings is 1. The Morgan fingerprint density at radius 2 is 1.68 bits per heavy atom. The third-order valence-electron chi connectivity index (χ3n) is 5.65. The zero-order chi connectivity index (χ0) is 29.4. The lowest BCUT2D eigenvalue weighted by Gasteiger charge is -2.07. The maximum Gasteiger partial charge on any atom is 0.401 e. The van der Waals surface area contributed by atoms with Crippen LogP contribution in [-0.4, -0.2) is 64.0 Å². The minimum absolute atomic E-state index is 0.0323. The van der Waals surface area contributed by atoms with E-state index in [0.717, 1.165) is 22.0 Å². The maximum absolute atomic E-state index is 13.1. The normalized spacial score (nSPS) is 11.1. The van der Waals surface area contributed by atoms with Gasteiger partial charge in [0.1, 0.15) is 6.29 Å². The summed E-state index contributed by atoms with van der Waals surface area (Å²) in [4.78, 5) is 28.5. The summed E-state index contributed by atoms with van der Waals surface area (Å²) in [5.74, 6) is 0. The fraction of sp³-hybridized carbons (Fsp3) is 0.259. The molecule has 0 atom stereocenters. The van der Waals surface area contributed by atoms with E-state index in [2.05, 4.69) is 15.4 Å². The number of fused-ring (bicyclic) bond motifs is 2. The van der Waals surface area contributed by atoms with Gasteiger partial charge in [0.25, 0.3) is 0 Å². The lowest BCUT2D eigenvalue weighted by molar-refractivity contribution is -0.123. The second-order valence-electron chi connectivity index (χ2n) is 8.58. The molecule has 2 N–H and O–H groups in total. The number of aromatic nitrogens is 5. The molecule has 5 rings (SSSR count). The summed E-state index contributed by atoms with van der Waals surface area (Å²) in [7, 11) is 6.88. The Morgan fingerprint density at radius 3 is 2.25 bits per heavy atom. The van der Waals surface area contributed by atoms with E-state index < -0.39 is 12.7 Å². The number of nitrogens with zero attached hydrogens (tertiary/aromatic N) is 5. The molecule has 13 heteroatoms. The van der Waals surface area contributed by atoms with Crippen LogP contribution in [0.5, 0.6) is 0 Å². The number of nitrogens with one attached hydrogen (secondary N) is 2. The summed E-state index contributed by atoms with van der Waals surface area (Å²) in [5.41, 5.74) is 4.41. The maximum atomic E-state index is 13.1. The number of rotatable bonds is 5. The molecule has 0 unspecified atom stereocenters. The molecule has 0 aliphatic rings. The fourth-order valence-electron chi connectivity index (χ4n) is 4.03. The van der Waals surface area contributed by atoms with Crippen LogP contribution in [0.3, 0.4) is 0 Å². The number of benzene rings is 2. The standard InChI is InChI=1S/C22H16ClN5O2.C3H6F3N.C2H7N/c1-26-20-13-24-11-16(17(20)12-25-26)14-5-7-15(8-6-14)28-21-18(23)3-2-4-19(21)27(9-10-29)22(28)30;1-7-2-3(4,5)6;1-3-2/h2-8,10-13H,9H2,1H3;7H,2H2,1H3;3H,1-2H3. The number of hydrogen-bond acceptors (Lipinski definition) is 6. The number of halogens is 4. The predicted octanol–water partition coefficient (Wildman–Crippen LogP) is 4.20. The van der Waals surface area contributed by atoms with Crippen LogP contribution in [0.2, 0.25) is 5.02 Å². The summed E-state index contributed by atoms with van der Waals surface area (Å²) in [5, 5.41) is 10.5. The molecule has 212 valence electrons. The molecular weight excluding hydrogens is 547 g/mol. The van der Waals surface area contributed by atoms with Crippen LogP contribution in [0.4, 0.5) is 13.2 Å².